The maximum absolute atomic E-state index is 5.81. The van der Waals surface area contributed by atoms with Gasteiger partial charge in [0.05, 0.1) is 0 Å². The Labute approximate surface area is 105 Å². The molecule has 0 saturated carbocycles. The second kappa shape index (κ2) is 5.01. The lowest BCUT2D eigenvalue weighted by molar-refractivity contribution is 1.07. The van der Waals surface area contributed by atoms with Crippen molar-refractivity contribution in [3.8, 4) is 0 Å². The first-order valence-corrected chi connectivity index (χ1v) is 5.60. The maximum atomic E-state index is 5.81. The number of rotatable bonds is 3. The van der Waals surface area contributed by atoms with Crippen LogP contribution in [0.5, 0.6) is 0 Å². The van der Waals surface area contributed by atoms with Crippen LogP contribution in [-0.4, -0.2) is 9.97 Å². The Kier molecular flexibility index (Phi) is 3.44. The predicted molar refractivity (Wildman–Crippen MR) is 70.0 cm³/mol. The number of aromatic nitrogens is 2. The molecule has 0 aliphatic carbocycles. The molecule has 17 heavy (non-hydrogen) atoms. The monoisotopic (exact) mass is 248 g/mol. The zero-order chi connectivity index (χ0) is 12.3. The number of nitrogen functional groups attached to an aromatic ring is 1. The molecule has 3 N–H and O–H groups in total. The predicted octanol–water partition coefficient (Wildman–Crippen LogP) is 2.63. The number of hydrogen-bond acceptors (Lipinski definition) is 4. The molecular formula is C12H13ClN4. The molecule has 0 saturated heterocycles. The second-order valence-corrected chi connectivity index (χ2v) is 4.06. The molecule has 4 nitrogen and oxygen atoms in total. The third-order valence-electron chi connectivity index (χ3n) is 2.54. The molecule has 5 heteroatoms. The Morgan fingerprint density at radius 1 is 1.29 bits per heavy atom. The van der Waals surface area contributed by atoms with Gasteiger partial charge in [0.15, 0.2) is 11.0 Å². The van der Waals surface area contributed by atoms with Crippen molar-refractivity contribution in [2.75, 3.05) is 11.1 Å². The molecule has 0 unspecified atom stereocenters. The Morgan fingerprint density at radius 3 is 2.82 bits per heavy atom. The van der Waals surface area contributed by atoms with Gasteiger partial charge >= 0.3 is 0 Å². The van der Waals surface area contributed by atoms with Crippen molar-refractivity contribution in [1.29, 1.82) is 0 Å². The van der Waals surface area contributed by atoms with Crippen molar-refractivity contribution in [2.45, 2.75) is 13.5 Å². The van der Waals surface area contributed by atoms with E-state index < -0.39 is 0 Å². The van der Waals surface area contributed by atoms with Crippen LogP contribution in [0, 0.1) is 6.92 Å². The summed E-state index contributed by atoms with van der Waals surface area (Å²) in [4.78, 5) is 7.85. The summed E-state index contributed by atoms with van der Waals surface area (Å²) in [6.07, 6.45) is 1.39. The Bertz CT molecular complexity index is 528. The van der Waals surface area contributed by atoms with Crippen molar-refractivity contribution < 1.29 is 0 Å². The van der Waals surface area contributed by atoms with E-state index in [0.717, 1.165) is 0 Å². The van der Waals surface area contributed by atoms with E-state index >= 15 is 0 Å². The molecule has 1 heterocycles. The normalized spacial score (nSPS) is 10.2. The van der Waals surface area contributed by atoms with Gasteiger partial charge in [-0.1, -0.05) is 35.9 Å². The zero-order valence-electron chi connectivity index (χ0n) is 9.44. The lowest BCUT2D eigenvalue weighted by atomic mass is 10.1. The van der Waals surface area contributed by atoms with Crippen LogP contribution in [0.1, 0.15) is 11.1 Å². The molecule has 0 aliphatic heterocycles. The number of aryl methyl sites for hydroxylation is 1. The standard InChI is InChI=1S/C12H13ClN4/c1-8-4-2-3-5-9(8)6-15-12-10(14)11(13)16-7-17-12/h2-5,7H,6,14H2,1H3,(H,15,16,17). The smallest absolute Gasteiger partial charge is 0.157 e. The van der Waals surface area contributed by atoms with Gasteiger partial charge in [-0.25, -0.2) is 9.97 Å². The van der Waals surface area contributed by atoms with Crippen molar-refractivity contribution in [1.82, 2.24) is 9.97 Å². The fourth-order valence-electron chi connectivity index (χ4n) is 1.50. The van der Waals surface area contributed by atoms with E-state index in [9.17, 15) is 0 Å². The molecule has 1 aromatic carbocycles. The largest absolute Gasteiger partial charge is 0.393 e. The van der Waals surface area contributed by atoms with E-state index in [1.807, 2.05) is 12.1 Å². The highest BCUT2D eigenvalue weighted by Gasteiger charge is 2.05. The van der Waals surface area contributed by atoms with Gasteiger partial charge in [-0.15, -0.1) is 0 Å². The molecule has 0 spiro atoms. The molecule has 1 aromatic heterocycles. The quantitative estimate of drug-likeness (QED) is 0.820. The summed E-state index contributed by atoms with van der Waals surface area (Å²) in [5, 5.41) is 3.42. The molecular weight excluding hydrogens is 236 g/mol. The topological polar surface area (TPSA) is 63.8 Å². The van der Waals surface area contributed by atoms with Gasteiger partial charge < -0.3 is 11.1 Å². The van der Waals surface area contributed by atoms with Gasteiger partial charge in [0.1, 0.15) is 12.0 Å². The van der Waals surface area contributed by atoms with E-state index in [2.05, 4.69) is 34.3 Å². The van der Waals surface area contributed by atoms with Crippen molar-refractivity contribution in [3.63, 3.8) is 0 Å². The van der Waals surface area contributed by atoms with Crippen LogP contribution < -0.4 is 11.1 Å². The van der Waals surface area contributed by atoms with Gasteiger partial charge in [-0.3, -0.25) is 0 Å². The summed E-state index contributed by atoms with van der Waals surface area (Å²) in [6.45, 7) is 2.72. The number of hydrogen-bond donors (Lipinski definition) is 2. The Balaban J connectivity index is 2.13. The van der Waals surface area contributed by atoms with E-state index in [0.29, 0.717) is 18.1 Å². The fraction of sp³-hybridized carbons (Fsp3) is 0.167. The first-order chi connectivity index (χ1) is 8.18. The van der Waals surface area contributed by atoms with Crippen molar-refractivity contribution >= 4 is 23.1 Å². The number of benzene rings is 1. The van der Waals surface area contributed by atoms with Crippen LogP contribution in [0.15, 0.2) is 30.6 Å². The molecule has 0 fully saturated rings. The highest BCUT2D eigenvalue weighted by Crippen LogP contribution is 2.22. The number of nitrogens with two attached hydrogens (primary N) is 1. The number of anilines is 2. The highest BCUT2D eigenvalue weighted by atomic mass is 35.5. The number of halogens is 1. The summed E-state index contributed by atoms with van der Waals surface area (Å²) in [5.41, 5.74) is 8.56. The summed E-state index contributed by atoms with van der Waals surface area (Å²) in [7, 11) is 0. The zero-order valence-corrected chi connectivity index (χ0v) is 10.2. The van der Waals surface area contributed by atoms with E-state index in [4.69, 9.17) is 17.3 Å². The third-order valence-corrected chi connectivity index (χ3v) is 2.84. The van der Waals surface area contributed by atoms with Crippen LogP contribution in [0.25, 0.3) is 0 Å². The van der Waals surface area contributed by atoms with Crippen LogP contribution >= 0.6 is 11.6 Å². The molecule has 0 atom stereocenters. The van der Waals surface area contributed by atoms with Gasteiger partial charge in [-0.2, -0.15) is 0 Å². The van der Waals surface area contributed by atoms with Crippen LogP contribution in [0.3, 0.4) is 0 Å². The molecule has 2 rings (SSSR count). The summed E-state index contributed by atoms with van der Waals surface area (Å²) in [6, 6.07) is 8.13. The SMILES string of the molecule is Cc1ccccc1CNc1ncnc(Cl)c1N. The Morgan fingerprint density at radius 2 is 2.06 bits per heavy atom. The molecule has 0 aliphatic rings. The number of nitrogens with one attached hydrogen (secondary N) is 1. The van der Waals surface area contributed by atoms with Gasteiger partial charge in [0.25, 0.3) is 0 Å². The van der Waals surface area contributed by atoms with E-state index in [1.165, 1.54) is 17.5 Å². The summed E-state index contributed by atoms with van der Waals surface area (Å²) >= 11 is 5.81. The average Bonchev–Trinajstić information content (AvgIpc) is 2.33. The Hall–Kier alpha value is -1.81. The van der Waals surface area contributed by atoms with Crippen molar-refractivity contribution in [3.05, 3.63) is 46.9 Å². The van der Waals surface area contributed by atoms with Gasteiger partial charge in [0.2, 0.25) is 0 Å². The average molecular weight is 249 g/mol. The minimum absolute atomic E-state index is 0.271. The number of nitrogens with zero attached hydrogens (tertiary/aromatic N) is 2. The summed E-state index contributed by atoms with van der Waals surface area (Å²) in [5.74, 6) is 0.563. The minimum atomic E-state index is 0.271. The molecule has 2 aromatic rings. The summed E-state index contributed by atoms with van der Waals surface area (Å²) < 4.78 is 0. The van der Waals surface area contributed by atoms with Gasteiger partial charge in [-0.05, 0) is 18.1 Å². The van der Waals surface area contributed by atoms with Crippen LogP contribution in [-0.2, 0) is 6.54 Å². The maximum Gasteiger partial charge on any atom is 0.157 e. The molecule has 0 amide bonds. The lowest BCUT2D eigenvalue weighted by Gasteiger charge is -2.10. The third kappa shape index (κ3) is 2.65. The van der Waals surface area contributed by atoms with Crippen LogP contribution in [0.2, 0.25) is 5.15 Å². The van der Waals surface area contributed by atoms with Crippen molar-refractivity contribution in [2.24, 2.45) is 0 Å². The first-order valence-electron chi connectivity index (χ1n) is 5.23. The second-order valence-electron chi connectivity index (χ2n) is 3.71. The minimum Gasteiger partial charge on any atom is -0.393 e. The molecule has 0 radical (unpaired) electrons. The van der Waals surface area contributed by atoms with Gasteiger partial charge in [0, 0.05) is 6.54 Å². The fourth-order valence-corrected chi connectivity index (χ4v) is 1.64. The molecule has 88 valence electrons. The van der Waals surface area contributed by atoms with E-state index in [1.54, 1.807) is 0 Å². The highest BCUT2D eigenvalue weighted by molar-refractivity contribution is 6.32. The first kappa shape index (κ1) is 11.7. The van der Waals surface area contributed by atoms with E-state index in [-0.39, 0.29) is 5.15 Å². The van der Waals surface area contributed by atoms with Crippen LogP contribution in [0.4, 0.5) is 11.5 Å². The lowest BCUT2D eigenvalue weighted by Crippen LogP contribution is -2.06. The molecule has 0 bridgehead atoms.